The summed E-state index contributed by atoms with van der Waals surface area (Å²) < 4.78 is 4.80. The molecule has 0 aliphatic heterocycles. The second-order valence-corrected chi connectivity index (χ2v) is 3.42. The van der Waals surface area contributed by atoms with Crippen molar-refractivity contribution < 1.29 is 19.4 Å². The molecule has 92 valence electrons. The third-order valence-corrected chi connectivity index (χ3v) is 1.72. The maximum atomic E-state index is 11.5. The summed E-state index contributed by atoms with van der Waals surface area (Å²) in [6, 6.07) is -0.428. The average Bonchev–Trinajstić information content (AvgIpc) is 2.20. The molecular formula is C10H18N2O4. The molecular weight excluding hydrogens is 212 g/mol. The summed E-state index contributed by atoms with van der Waals surface area (Å²) in [6.07, 6.45) is 0. The molecule has 16 heavy (non-hydrogen) atoms. The molecule has 2 amide bonds. The number of amides is 2. The van der Waals surface area contributed by atoms with Crippen LogP contribution in [0.3, 0.4) is 0 Å². The summed E-state index contributed by atoms with van der Waals surface area (Å²) >= 11 is 0. The lowest BCUT2D eigenvalue weighted by molar-refractivity contribution is -0.137. The number of carbonyl (C=O) groups excluding carboxylic acids is 1. The number of aliphatic carboxylic acids is 1. The lowest BCUT2D eigenvalue weighted by atomic mass is 10.3. The van der Waals surface area contributed by atoms with Crippen molar-refractivity contribution in [1.29, 1.82) is 0 Å². The first-order valence-corrected chi connectivity index (χ1v) is 4.85. The Morgan fingerprint density at radius 2 is 2.12 bits per heavy atom. The highest BCUT2D eigenvalue weighted by molar-refractivity contribution is 5.80. The minimum Gasteiger partial charge on any atom is -0.480 e. The Hall–Kier alpha value is -1.56. The van der Waals surface area contributed by atoms with Gasteiger partial charge in [0, 0.05) is 20.2 Å². The molecule has 6 heteroatoms. The predicted molar refractivity (Wildman–Crippen MR) is 59.3 cm³/mol. The van der Waals surface area contributed by atoms with Crippen LogP contribution >= 0.6 is 0 Å². The van der Waals surface area contributed by atoms with Gasteiger partial charge in [0.1, 0.15) is 6.54 Å². The monoisotopic (exact) mass is 230 g/mol. The van der Waals surface area contributed by atoms with Crippen molar-refractivity contribution in [3.8, 4) is 0 Å². The van der Waals surface area contributed by atoms with Crippen LogP contribution in [-0.2, 0) is 9.53 Å². The third-order valence-electron chi connectivity index (χ3n) is 1.72. The lowest BCUT2D eigenvalue weighted by Crippen LogP contribution is -2.44. The molecule has 0 bridgehead atoms. The first-order valence-electron chi connectivity index (χ1n) is 4.85. The van der Waals surface area contributed by atoms with E-state index in [1.807, 2.05) is 0 Å². The van der Waals surface area contributed by atoms with E-state index >= 15 is 0 Å². The minimum absolute atomic E-state index is 0.241. The van der Waals surface area contributed by atoms with E-state index in [1.165, 1.54) is 12.0 Å². The van der Waals surface area contributed by atoms with Crippen molar-refractivity contribution in [3.63, 3.8) is 0 Å². The topological polar surface area (TPSA) is 78.9 Å². The molecule has 0 saturated carbocycles. The van der Waals surface area contributed by atoms with E-state index in [-0.39, 0.29) is 13.1 Å². The van der Waals surface area contributed by atoms with Crippen LogP contribution < -0.4 is 5.32 Å². The van der Waals surface area contributed by atoms with E-state index in [0.717, 1.165) is 5.57 Å². The average molecular weight is 230 g/mol. The number of methoxy groups -OCH3 is 1. The predicted octanol–water partition coefficient (Wildman–Crippen LogP) is 0.305. The van der Waals surface area contributed by atoms with Gasteiger partial charge in [0.2, 0.25) is 0 Å². The number of nitrogens with one attached hydrogen (secondary N) is 1. The number of nitrogens with zero attached hydrogens (tertiary/aromatic N) is 1. The molecule has 0 aromatic rings. The second-order valence-electron chi connectivity index (χ2n) is 3.42. The van der Waals surface area contributed by atoms with Crippen molar-refractivity contribution in [1.82, 2.24) is 10.2 Å². The number of urea groups is 1. The molecule has 0 rings (SSSR count). The summed E-state index contributed by atoms with van der Waals surface area (Å²) in [5.74, 6) is -1.05. The van der Waals surface area contributed by atoms with Crippen LogP contribution in [-0.4, -0.2) is 55.4 Å². The summed E-state index contributed by atoms with van der Waals surface area (Å²) in [6.45, 7) is 5.94. The highest BCUT2D eigenvalue weighted by Gasteiger charge is 2.15. The van der Waals surface area contributed by atoms with Gasteiger partial charge in [-0.2, -0.15) is 0 Å². The van der Waals surface area contributed by atoms with Gasteiger partial charge >= 0.3 is 12.0 Å². The van der Waals surface area contributed by atoms with Crippen LogP contribution in [0.1, 0.15) is 6.92 Å². The maximum Gasteiger partial charge on any atom is 0.323 e. The Morgan fingerprint density at radius 1 is 1.50 bits per heavy atom. The van der Waals surface area contributed by atoms with E-state index in [1.54, 1.807) is 6.92 Å². The summed E-state index contributed by atoms with van der Waals surface area (Å²) in [5, 5.41) is 11.2. The molecule has 0 aromatic heterocycles. The van der Waals surface area contributed by atoms with Crippen molar-refractivity contribution >= 4 is 12.0 Å². The van der Waals surface area contributed by atoms with Crippen LogP contribution in [0.5, 0.6) is 0 Å². The summed E-state index contributed by atoms with van der Waals surface area (Å²) in [7, 11) is 1.49. The fourth-order valence-electron chi connectivity index (χ4n) is 0.955. The Labute approximate surface area is 94.9 Å². The molecule has 0 radical (unpaired) electrons. The molecule has 0 heterocycles. The Morgan fingerprint density at radius 3 is 2.56 bits per heavy atom. The van der Waals surface area contributed by atoms with Gasteiger partial charge in [-0.1, -0.05) is 12.2 Å². The molecule has 0 unspecified atom stereocenters. The van der Waals surface area contributed by atoms with Crippen LogP contribution in [0.25, 0.3) is 0 Å². The van der Waals surface area contributed by atoms with Crippen LogP contribution in [0.4, 0.5) is 4.79 Å². The SMILES string of the molecule is C=C(C)CNC(=O)N(CCOC)CC(=O)O. The smallest absolute Gasteiger partial charge is 0.323 e. The van der Waals surface area contributed by atoms with E-state index in [9.17, 15) is 9.59 Å². The molecule has 0 atom stereocenters. The van der Waals surface area contributed by atoms with Gasteiger partial charge in [0.05, 0.1) is 6.61 Å². The zero-order valence-corrected chi connectivity index (χ0v) is 9.65. The highest BCUT2D eigenvalue weighted by atomic mass is 16.5. The zero-order valence-electron chi connectivity index (χ0n) is 9.65. The van der Waals surface area contributed by atoms with Gasteiger partial charge in [-0.05, 0) is 6.92 Å². The van der Waals surface area contributed by atoms with E-state index < -0.39 is 12.0 Å². The van der Waals surface area contributed by atoms with Gasteiger partial charge < -0.3 is 20.1 Å². The Balaban J connectivity index is 4.19. The highest BCUT2D eigenvalue weighted by Crippen LogP contribution is 1.92. The molecule has 0 spiro atoms. The second kappa shape index (κ2) is 7.70. The standard InChI is InChI=1S/C10H18N2O4/c1-8(2)6-11-10(15)12(4-5-16-3)7-9(13)14/h1,4-7H2,2-3H3,(H,11,15)(H,13,14). The molecule has 0 aliphatic rings. The van der Waals surface area contributed by atoms with Crippen LogP contribution in [0.15, 0.2) is 12.2 Å². The molecule has 2 N–H and O–H groups in total. The molecule has 0 fully saturated rings. The fraction of sp³-hybridized carbons (Fsp3) is 0.600. The van der Waals surface area contributed by atoms with E-state index in [2.05, 4.69) is 11.9 Å². The largest absolute Gasteiger partial charge is 0.480 e. The number of carboxylic acids is 1. The summed E-state index contributed by atoms with van der Waals surface area (Å²) in [5.41, 5.74) is 0.801. The summed E-state index contributed by atoms with van der Waals surface area (Å²) in [4.78, 5) is 23.3. The fourth-order valence-corrected chi connectivity index (χ4v) is 0.955. The van der Waals surface area contributed by atoms with E-state index in [4.69, 9.17) is 9.84 Å². The number of hydrogen-bond acceptors (Lipinski definition) is 3. The normalized spacial score (nSPS) is 9.62. The number of carboxylic acid groups (broad SMARTS) is 1. The molecule has 6 nitrogen and oxygen atoms in total. The number of carbonyl (C=O) groups is 2. The van der Waals surface area contributed by atoms with Crippen molar-refractivity contribution in [2.24, 2.45) is 0 Å². The Kier molecular flexibility index (Phi) is 6.95. The van der Waals surface area contributed by atoms with Gasteiger partial charge in [-0.15, -0.1) is 0 Å². The van der Waals surface area contributed by atoms with Crippen LogP contribution in [0, 0.1) is 0 Å². The quantitative estimate of drug-likeness (QED) is 0.617. The van der Waals surface area contributed by atoms with Crippen molar-refractivity contribution in [3.05, 3.63) is 12.2 Å². The lowest BCUT2D eigenvalue weighted by Gasteiger charge is -2.20. The number of ether oxygens (including phenoxy) is 1. The number of rotatable bonds is 7. The minimum atomic E-state index is -1.05. The molecule has 0 aromatic carbocycles. The maximum absolute atomic E-state index is 11.5. The van der Waals surface area contributed by atoms with Crippen LogP contribution in [0.2, 0.25) is 0 Å². The van der Waals surface area contributed by atoms with Gasteiger partial charge in [-0.25, -0.2) is 4.79 Å². The number of hydrogen-bond donors (Lipinski definition) is 2. The Bertz CT molecular complexity index is 266. The molecule has 0 saturated heterocycles. The van der Waals surface area contributed by atoms with Gasteiger partial charge in [-0.3, -0.25) is 4.79 Å². The van der Waals surface area contributed by atoms with E-state index in [0.29, 0.717) is 13.2 Å². The van der Waals surface area contributed by atoms with Crippen molar-refractivity contribution in [2.45, 2.75) is 6.92 Å². The first kappa shape index (κ1) is 14.4. The molecule has 0 aliphatic carbocycles. The van der Waals surface area contributed by atoms with Gasteiger partial charge in [0.25, 0.3) is 0 Å². The third kappa shape index (κ3) is 6.83. The van der Waals surface area contributed by atoms with Gasteiger partial charge in [0.15, 0.2) is 0 Å². The first-order chi connectivity index (χ1) is 7.47. The zero-order chi connectivity index (χ0) is 12.6. The van der Waals surface area contributed by atoms with Crippen molar-refractivity contribution in [2.75, 3.05) is 33.4 Å².